The third kappa shape index (κ3) is 4.90. The van der Waals surface area contributed by atoms with Crippen LogP contribution in [0.5, 0.6) is 0 Å². The average molecular weight is 254 g/mol. The number of hydrogen-bond acceptors (Lipinski definition) is 3. The number of hydrogen-bond donors (Lipinski definition) is 3. The second kappa shape index (κ2) is 5.57. The first kappa shape index (κ1) is 14.1. The van der Waals surface area contributed by atoms with Crippen molar-refractivity contribution < 1.29 is 19.4 Å². The predicted octanol–water partition coefficient (Wildman–Crippen LogP) is 1.54. The van der Waals surface area contributed by atoms with Gasteiger partial charge in [0.1, 0.15) is 11.6 Å². The number of alkyl carbamates (subject to hydrolysis) is 1. The van der Waals surface area contributed by atoms with Gasteiger partial charge in [0.15, 0.2) is 0 Å². The molecule has 0 aliphatic carbocycles. The Morgan fingerprint density at radius 1 is 1.50 bits per heavy atom. The van der Waals surface area contributed by atoms with Crippen molar-refractivity contribution >= 4 is 12.1 Å². The Kier molecular flexibility index (Phi) is 4.36. The van der Waals surface area contributed by atoms with Crippen molar-refractivity contribution in [2.45, 2.75) is 38.8 Å². The molecular formula is C12H18N2O4. The van der Waals surface area contributed by atoms with Crippen LogP contribution < -0.4 is 5.32 Å². The number of ether oxygens (including phenoxy) is 1. The number of nitrogens with one attached hydrogen (secondary N) is 2. The molecule has 0 spiro atoms. The number of rotatable bonds is 4. The van der Waals surface area contributed by atoms with Gasteiger partial charge in [-0.15, -0.1) is 0 Å². The topological polar surface area (TPSA) is 91.4 Å². The Labute approximate surface area is 105 Å². The molecule has 1 aromatic heterocycles. The number of aromatic amines is 1. The molecule has 0 unspecified atom stereocenters. The fourth-order valence-electron chi connectivity index (χ4n) is 1.37. The van der Waals surface area contributed by atoms with Gasteiger partial charge in [0.05, 0.1) is 0 Å². The molecule has 100 valence electrons. The van der Waals surface area contributed by atoms with Gasteiger partial charge in [0, 0.05) is 18.8 Å². The van der Waals surface area contributed by atoms with E-state index in [-0.39, 0.29) is 6.42 Å². The molecular weight excluding hydrogens is 236 g/mol. The molecule has 0 aliphatic rings. The maximum absolute atomic E-state index is 11.5. The lowest BCUT2D eigenvalue weighted by Gasteiger charge is -2.21. The normalized spacial score (nSPS) is 12.8. The molecule has 1 rings (SSSR count). The van der Waals surface area contributed by atoms with E-state index in [2.05, 4.69) is 10.3 Å². The summed E-state index contributed by atoms with van der Waals surface area (Å²) in [5, 5.41) is 11.4. The highest BCUT2D eigenvalue weighted by Crippen LogP contribution is 2.08. The molecule has 1 atom stereocenters. The second-order valence-corrected chi connectivity index (χ2v) is 4.96. The maximum Gasteiger partial charge on any atom is 0.408 e. The van der Waals surface area contributed by atoms with Gasteiger partial charge in [0.25, 0.3) is 0 Å². The highest BCUT2D eigenvalue weighted by atomic mass is 16.6. The Balaban J connectivity index is 2.58. The second-order valence-electron chi connectivity index (χ2n) is 4.96. The molecule has 3 N–H and O–H groups in total. The third-order valence-corrected chi connectivity index (χ3v) is 2.09. The Bertz CT molecular complexity index is 406. The number of carbonyl (C=O) groups is 2. The van der Waals surface area contributed by atoms with Crippen molar-refractivity contribution in [1.29, 1.82) is 0 Å². The Hall–Kier alpha value is -1.98. The van der Waals surface area contributed by atoms with Crippen LogP contribution in [0.2, 0.25) is 0 Å². The minimum Gasteiger partial charge on any atom is -0.480 e. The van der Waals surface area contributed by atoms with Gasteiger partial charge >= 0.3 is 12.1 Å². The fourth-order valence-corrected chi connectivity index (χ4v) is 1.37. The molecule has 1 heterocycles. The van der Waals surface area contributed by atoms with Crippen molar-refractivity contribution in [1.82, 2.24) is 10.3 Å². The summed E-state index contributed by atoms with van der Waals surface area (Å²) in [6.45, 7) is 5.15. The van der Waals surface area contributed by atoms with Crippen LogP contribution in [0.1, 0.15) is 26.3 Å². The zero-order valence-electron chi connectivity index (χ0n) is 10.7. The zero-order chi connectivity index (χ0) is 13.8. The van der Waals surface area contributed by atoms with Gasteiger partial charge in [-0.2, -0.15) is 0 Å². The van der Waals surface area contributed by atoms with Crippen molar-refractivity contribution in [2.75, 3.05) is 0 Å². The number of H-pyrrole nitrogens is 1. The van der Waals surface area contributed by atoms with E-state index in [1.807, 2.05) is 0 Å². The minimum absolute atomic E-state index is 0.206. The lowest BCUT2D eigenvalue weighted by Crippen LogP contribution is -2.44. The van der Waals surface area contributed by atoms with Crippen LogP contribution in [0.15, 0.2) is 18.5 Å². The summed E-state index contributed by atoms with van der Waals surface area (Å²) in [6, 6.07) is 0.753. The number of carbonyl (C=O) groups excluding carboxylic acids is 1. The summed E-state index contributed by atoms with van der Waals surface area (Å²) in [5.41, 5.74) is 0.153. The summed E-state index contributed by atoms with van der Waals surface area (Å²) >= 11 is 0. The summed E-state index contributed by atoms with van der Waals surface area (Å²) in [5.74, 6) is -1.10. The first-order chi connectivity index (χ1) is 8.28. The average Bonchev–Trinajstić information content (AvgIpc) is 2.66. The van der Waals surface area contributed by atoms with Gasteiger partial charge in [0.2, 0.25) is 0 Å². The van der Waals surface area contributed by atoms with Crippen LogP contribution >= 0.6 is 0 Å². The number of aliphatic carboxylic acids is 1. The van der Waals surface area contributed by atoms with Crippen LogP contribution in [0.25, 0.3) is 0 Å². The van der Waals surface area contributed by atoms with E-state index in [0.717, 1.165) is 5.56 Å². The summed E-state index contributed by atoms with van der Waals surface area (Å²) in [6.07, 6.45) is 2.86. The smallest absolute Gasteiger partial charge is 0.408 e. The van der Waals surface area contributed by atoms with Crippen molar-refractivity contribution in [3.05, 3.63) is 24.0 Å². The van der Waals surface area contributed by atoms with Gasteiger partial charge in [-0.3, -0.25) is 0 Å². The Morgan fingerprint density at radius 3 is 2.61 bits per heavy atom. The molecule has 0 aromatic carbocycles. The van der Waals surface area contributed by atoms with Crippen molar-refractivity contribution in [2.24, 2.45) is 0 Å². The van der Waals surface area contributed by atoms with E-state index in [1.54, 1.807) is 39.2 Å². The van der Waals surface area contributed by atoms with Crippen LogP contribution in [0, 0.1) is 0 Å². The molecule has 0 saturated carbocycles. The molecule has 6 heteroatoms. The van der Waals surface area contributed by atoms with Crippen LogP contribution in [-0.4, -0.2) is 33.8 Å². The highest BCUT2D eigenvalue weighted by Gasteiger charge is 2.24. The number of aromatic nitrogens is 1. The molecule has 1 amide bonds. The van der Waals surface area contributed by atoms with Gasteiger partial charge < -0.3 is 20.1 Å². The summed E-state index contributed by atoms with van der Waals surface area (Å²) < 4.78 is 5.02. The summed E-state index contributed by atoms with van der Waals surface area (Å²) in [4.78, 5) is 25.4. The Morgan fingerprint density at radius 2 is 2.17 bits per heavy atom. The van der Waals surface area contributed by atoms with E-state index in [0.29, 0.717) is 0 Å². The van der Waals surface area contributed by atoms with Crippen molar-refractivity contribution in [3.63, 3.8) is 0 Å². The predicted molar refractivity (Wildman–Crippen MR) is 65.3 cm³/mol. The highest BCUT2D eigenvalue weighted by molar-refractivity contribution is 5.80. The zero-order valence-corrected chi connectivity index (χ0v) is 10.7. The standard InChI is InChI=1S/C12H18N2O4/c1-12(2,3)18-11(17)14-9(10(15)16)6-8-4-5-13-7-8/h4-5,7,9,13H,6H2,1-3H3,(H,14,17)(H,15,16)/t9-/m0/s1. The first-order valence-corrected chi connectivity index (χ1v) is 5.62. The van der Waals surface area contributed by atoms with Crippen LogP contribution in [0.3, 0.4) is 0 Å². The first-order valence-electron chi connectivity index (χ1n) is 5.62. The van der Waals surface area contributed by atoms with Gasteiger partial charge in [-0.25, -0.2) is 9.59 Å². The lowest BCUT2D eigenvalue weighted by molar-refractivity contribution is -0.139. The monoisotopic (exact) mass is 254 g/mol. The molecule has 0 fully saturated rings. The van der Waals surface area contributed by atoms with E-state index in [4.69, 9.17) is 9.84 Å². The maximum atomic E-state index is 11.5. The minimum atomic E-state index is -1.10. The number of carboxylic acids is 1. The SMILES string of the molecule is CC(C)(C)OC(=O)N[C@@H](Cc1cc[nH]c1)C(=O)O. The van der Waals surface area contributed by atoms with E-state index >= 15 is 0 Å². The van der Waals surface area contributed by atoms with E-state index < -0.39 is 23.7 Å². The summed E-state index contributed by atoms with van der Waals surface area (Å²) in [7, 11) is 0. The quantitative estimate of drug-likeness (QED) is 0.760. The largest absolute Gasteiger partial charge is 0.480 e. The fraction of sp³-hybridized carbons (Fsp3) is 0.500. The van der Waals surface area contributed by atoms with Crippen LogP contribution in [0.4, 0.5) is 4.79 Å². The number of carboxylic acid groups (broad SMARTS) is 1. The molecule has 1 aromatic rings. The van der Waals surface area contributed by atoms with Crippen molar-refractivity contribution in [3.8, 4) is 0 Å². The molecule has 0 saturated heterocycles. The molecule has 18 heavy (non-hydrogen) atoms. The molecule has 6 nitrogen and oxygen atoms in total. The third-order valence-electron chi connectivity index (χ3n) is 2.09. The van der Waals surface area contributed by atoms with E-state index in [9.17, 15) is 9.59 Å². The van der Waals surface area contributed by atoms with Gasteiger partial charge in [-0.1, -0.05) is 0 Å². The lowest BCUT2D eigenvalue weighted by atomic mass is 10.1. The van der Waals surface area contributed by atoms with E-state index in [1.165, 1.54) is 0 Å². The van der Waals surface area contributed by atoms with Crippen LogP contribution in [-0.2, 0) is 16.0 Å². The molecule has 0 aliphatic heterocycles. The number of amides is 1. The molecule has 0 radical (unpaired) electrons. The van der Waals surface area contributed by atoms with Gasteiger partial charge in [-0.05, 0) is 32.4 Å². The molecule has 0 bridgehead atoms.